The van der Waals surface area contributed by atoms with Gasteiger partial charge >= 0.3 is 0 Å². The highest BCUT2D eigenvalue weighted by atomic mass is 79.9. The van der Waals surface area contributed by atoms with E-state index in [2.05, 4.69) is 27.8 Å². The standard InChI is InChI=1S/C10H9BrN2O3/c1-2-10(14)12-6-7-5-8(13(15)16)3-4-9(7)11/h2-5H,1,6H2,(H,12,14). The third kappa shape index (κ3) is 3.16. The highest BCUT2D eigenvalue weighted by Crippen LogP contribution is 2.22. The number of nitro benzene ring substituents is 1. The summed E-state index contributed by atoms with van der Waals surface area (Å²) in [5.74, 6) is -0.321. The Labute approximate surface area is 100 Å². The van der Waals surface area contributed by atoms with Crippen LogP contribution in [0.3, 0.4) is 0 Å². The highest BCUT2D eigenvalue weighted by molar-refractivity contribution is 9.10. The average Bonchev–Trinajstić information content (AvgIpc) is 2.27. The topological polar surface area (TPSA) is 72.2 Å². The van der Waals surface area contributed by atoms with Gasteiger partial charge < -0.3 is 5.32 Å². The van der Waals surface area contributed by atoms with E-state index in [1.54, 1.807) is 6.07 Å². The molecule has 1 amide bonds. The molecular weight excluding hydrogens is 276 g/mol. The van der Waals surface area contributed by atoms with Gasteiger partial charge in [-0.1, -0.05) is 22.5 Å². The van der Waals surface area contributed by atoms with Crippen LogP contribution >= 0.6 is 15.9 Å². The van der Waals surface area contributed by atoms with Crippen LogP contribution in [-0.4, -0.2) is 10.8 Å². The number of nitrogens with one attached hydrogen (secondary N) is 1. The number of amides is 1. The SMILES string of the molecule is C=CC(=O)NCc1cc([N+](=O)[O-])ccc1Br. The Hall–Kier alpha value is -1.69. The predicted octanol–water partition coefficient (Wildman–Crippen LogP) is 2.16. The number of non-ortho nitro benzene ring substituents is 1. The lowest BCUT2D eigenvalue weighted by molar-refractivity contribution is -0.384. The van der Waals surface area contributed by atoms with Crippen molar-refractivity contribution in [1.29, 1.82) is 0 Å². The number of hydrogen-bond acceptors (Lipinski definition) is 3. The van der Waals surface area contributed by atoms with Gasteiger partial charge in [0.2, 0.25) is 5.91 Å². The first-order chi connectivity index (χ1) is 7.54. The molecule has 0 spiro atoms. The summed E-state index contributed by atoms with van der Waals surface area (Å²) in [5, 5.41) is 13.1. The number of rotatable bonds is 4. The lowest BCUT2D eigenvalue weighted by Crippen LogP contribution is -2.20. The molecule has 1 rings (SSSR count). The zero-order chi connectivity index (χ0) is 12.1. The molecule has 0 heterocycles. The van der Waals surface area contributed by atoms with Crippen molar-refractivity contribution in [3.63, 3.8) is 0 Å². The first-order valence-corrected chi connectivity index (χ1v) is 5.17. The second-order valence-electron chi connectivity index (χ2n) is 2.95. The van der Waals surface area contributed by atoms with Gasteiger partial charge in [-0.15, -0.1) is 0 Å². The zero-order valence-corrected chi connectivity index (χ0v) is 9.86. The van der Waals surface area contributed by atoms with Crippen molar-refractivity contribution in [2.24, 2.45) is 0 Å². The number of halogens is 1. The number of carbonyl (C=O) groups excluding carboxylic acids is 1. The Kier molecular flexibility index (Phi) is 4.19. The quantitative estimate of drug-likeness (QED) is 0.523. The minimum atomic E-state index is -0.481. The molecular formula is C10H9BrN2O3. The Bertz CT molecular complexity index is 446. The van der Waals surface area contributed by atoms with Crippen molar-refractivity contribution in [3.8, 4) is 0 Å². The van der Waals surface area contributed by atoms with Crippen LogP contribution in [0.1, 0.15) is 5.56 Å². The van der Waals surface area contributed by atoms with Crippen molar-refractivity contribution >= 4 is 27.5 Å². The average molecular weight is 285 g/mol. The van der Waals surface area contributed by atoms with Crippen LogP contribution in [0.25, 0.3) is 0 Å². The van der Waals surface area contributed by atoms with Crippen molar-refractivity contribution in [1.82, 2.24) is 5.32 Å². The van der Waals surface area contributed by atoms with Gasteiger partial charge in [0, 0.05) is 23.2 Å². The Balaban J connectivity index is 2.86. The summed E-state index contributed by atoms with van der Waals surface area (Å²) in [6.07, 6.45) is 1.14. The largest absolute Gasteiger partial charge is 0.348 e. The van der Waals surface area contributed by atoms with E-state index in [1.807, 2.05) is 0 Å². The van der Waals surface area contributed by atoms with E-state index in [-0.39, 0.29) is 18.1 Å². The predicted molar refractivity (Wildman–Crippen MR) is 62.8 cm³/mol. The molecule has 1 N–H and O–H groups in total. The van der Waals surface area contributed by atoms with Crippen molar-refractivity contribution in [2.45, 2.75) is 6.54 Å². The Morgan fingerprint density at radius 1 is 1.62 bits per heavy atom. The molecule has 1 aromatic carbocycles. The normalized spacial score (nSPS) is 9.56. The maximum absolute atomic E-state index is 10.9. The molecule has 0 aliphatic heterocycles. The third-order valence-corrected chi connectivity index (χ3v) is 2.65. The van der Waals surface area contributed by atoms with E-state index in [0.717, 1.165) is 6.08 Å². The van der Waals surface area contributed by atoms with E-state index >= 15 is 0 Å². The summed E-state index contributed by atoms with van der Waals surface area (Å²) in [6, 6.07) is 4.38. The Morgan fingerprint density at radius 3 is 2.88 bits per heavy atom. The fourth-order valence-corrected chi connectivity index (χ4v) is 1.45. The highest BCUT2D eigenvalue weighted by Gasteiger charge is 2.09. The van der Waals surface area contributed by atoms with Crippen LogP contribution in [0, 0.1) is 10.1 Å². The van der Waals surface area contributed by atoms with Crippen molar-refractivity contribution in [2.75, 3.05) is 0 Å². The molecule has 1 aromatic rings. The van der Waals surface area contributed by atoms with Crippen LogP contribution in [0.4, 0.5) is 5.69 Å². The number of hydrogen-bond donors (Lipinski definition) is 1. The van der Waals surface area contributed by atoms with E-state index in [0.29, 0.717) is 10.0 Å². The second kappa shape index (κ2) is 5.41. The van der Waals surface area contributed by atoms with Gasteiger partial charge in [-0.3, -0.25) is 14.9 Å². The third-order valence-electron chi connectivity index (χ3n) is 1.88. The van der Waals surface area contributed by atoms with Crippen LogP contribution in [0.2, 0.25) is 0 Å². The van der Waals surface area contributed by atoms with Gasteiger partial charge in [-0.2, -0.15) is 0 Å². The van der Waals surface area contributed by atoms with E-state index < -0.39 is 4.92 Å². The molecule has 0 aliphatic rings. The summed E-state index contributed by atoms with van der Waals surface area (Å²) < 4.78 is 0.711. The van der Waals surface area contributed by atoms with Crippen LogP contribution in [-0.2, 0) is 11.3 Å². The lowest BCUT2D eigenvalue weighted by atomic mass is 10.2. The maximum atomic E-state index is 10.9. The maximum Gasteiger partial charge on any atom is 0.269 e. The van der Waals surface area contributed by atoms with Crippen molar-refractivity contribution in [3.05, 3.63) is 51.0 Å². The molecule has 0 atom stereocenters. The number of nitrogens with zero attached hydrogens (tertiary/aromatic N) is 1. The van der Waals surface area contributed by atoms with E-state index in [9.17, 15) is 14.9 Å². The van der Waals surface area contributed by atoms with Gasteiger partial charge in [0.05, 0.1) is 4.92 Å². The smallest absolute Gasteiger partial charge is 0.269 e. The fourth-order valence-electron chi connectivity index (χ4n) is 1.06. The van der Waals surface area contributed by atoms with Crippen LogP contribution in [0.5, 0.6) is 0 Å². The van der Waals surface area contributed by atoms with Gasteiger partial charge in [0.1, 0.15) is 0 Å². The van der Waals surface area contributed by atoms with Gasteiger partial charge in [-0.05, 0) is 17.7 Å². The molecule has 0 saturated carbocycles. The molecule has 16 heavy (non-hydrogen) atoms. The minimum Gasteiger partial charge on any atom is -0.348 e. The molecule has 0 unspecified atom stereocenters. The number of nitro groups is 1. The second-order valence-corrected chi connectivity index (χ2v) is 3.81. The lowest BCUT2D eigenvalue weighted by Gasteiger charge is -2.04. The number of benzene rings is 1. The van der Waals surface area contributed by atoms with Crippen LogP contribution in [0.15, 0.2) is 35.3 Å². The van der Waals surface area contributed by atoms with E-state index in [4.69, 9.17) is 0 Å². The molecule has 6 heteroatoms. The molecule has 0 bridgehead atoms. The molecule has 0 aromatic heterocycles. The summed E-state index contributed by atoms with van der Waals surface area (Å²) in [5.41, 5.74) is 0.635. The van der Waals surface area contributed by atoms with Gasteiger partial charge in [-0.25, -0.2) is 0 Å². The number of carbonyl (C=O) groups is 1. The zero-order valence-electron chi connectivity index (χ0n) is 8.27. The first-order valence-electron chi connectivity index (χ1n) is 4.37. The molecule has 0 aliphatic carbocycles. The summed E-state index contributed by atoms with van der Waals surface area (Å²) in [7, 11) is 0. The first kappa shape index (κ1) is 12.4. The van der Waals surface area contributed by atoms with E-state index in [1.165, 1.54) is 12.1 Å². The molecule has 0 fully saturated rings. The summed E-state index contributed by atoms with van der Waals surface area (Å²) in [4.78, 5) is 21.0. The van der Waals surface area contributed by atoms with Gasteiger partial charge in [0.15, 0.2) is 0 Å². The molecule has 0 radical (unpaired) electrons. The Morgan fingerprint density at radius 2 is 2.31 bits per heavy atom. The van der Waals surface area contributed by atoms with Crippen molar-refractivity contribution < 1.29 is 9.72 Å². The van der Waals surface area contributed by atoms with Gasteiger partial charge in [0.25, 0.3) is 5.69 Å². The molecule has 5 nitrogen and oxygen atoms in total. The van der Waals surface area contributed by atoms with Crippen LogP contribution < -0.4 is 5.32 Å². The monoisotopic (exact) mass is 284 g/mol. The molecule has 84 valence electrons. The fraction of sp³-hybridized carbons (Fsp3) is 0.100. The molecule has 0 saturated heterocycles. The summed E-state index contributed by atoms with van der Waals surface area (Å²) in [6.45, 7) is 3.52. The minimum absolute atomic E-state index is 0.00829. The summed E-state index contributed by atoms with van der Waals surface area (Å²) >= 11 is 3.25.